The van der Waals surface area contributed by atoms with Crippen LogP contribution in [0.2, 0.25) is 0 Å². The maximum atomic E-state index is 14.7. The SMILES string of the molecule is CS(=O)(=O)CCc1cc(F)cc(-c2nccc3[nH]c(-c4n[nH]c5cnc(-c6cncc(NC(=O)Cc7ccccc7)c6)cc45)cc23)c1. The van der Waals surface area contributed by atoms with Gasteiger partial charge in [0, 0.05) is 46.1 Å². The number of aromatic nitrogens is 6. The molecule has 0 aliphatic carbocycles. The fourth-order valence-corrected chi connectivity index (χ4v) is 6.17. The Morgan fingerprint density at radius 1 is 0.851 bits per heavy atom. The van der Waals surface area contributed by atoms with E-state index in [1.807, 2.05) is 54.6 Å². The van der Waals surface area contributed by atoms with Gasteiger partial charge in [-0.25, -0.2) is 12.8 Å². The van der Waals surface area contributed by atoms with Gasteiger partial charge >= 0.3 is 0 Å². The van der Waals surface area contributed by atoms with Crippen LogP contribution in [-0.4, -0.2) is 56.5 Å². The molecule has 3 N–H and O–H groups in total. The van der Waals surface area contributed by atoms with Crippen LogP contribution in [0.3, 0.4) is 0 Å². The molecule has 0 saturated carbocycles. The summed E-state index contributed by atoms with van der Waals surface area (Å²) in [6.45, 7) is 0. The third kappa shape index (κ3) is 6.63. The summed E-state index contributed by atoms with van der Waals surface area (Å²) < 4.78 is 38.1. The lowest BCUT2D eigenvalue weighted by atomic mass is 10.0. The molecule has 0 bridgehead atoms. The van der Waals surface area contributed by atoms with E-state index in [2.05, 4.69) is 35.5 Å². The number of benzene rings is 2. The first-order valence-corrected chi connectivity index (χ1v) is 16.8. The molecule has 7 aromatic rings. The van der Waals surface area contributed by atoms with Crippen LogP contribution in [0.1, 0.15) is 11.1 Å². The van der Waals surface area contributed by atoms with Gasteiger partial charge in [-0.3, -0.25) is 24.8 Å². The van der Waals surface area contributed by atoms with Gasteiger partial charge in [0.2, 0.25) is 5.91 Å². The number of sulfone groups is 1. The van der Waals surface area contributed by atoms with E-state index < -0.39 is 15.7 Å². The quantitative estimate of drug-likeness (QED) is 0.171. The number of halogens is 1. The fourth-order valence-electron chi connectivity index (χ4n) is 5.56. The van der Waals surface area contributed by atoms with Crippen molar-refractivity contribution in [1.29, 1.82) is 0 Å². The Morgan fingerprint density at radius 3 is 2.51 bits per heavy atom. The molecule has 0 unspecified atom stereocenters. The summed E-state index contributed by atoms with van der Waals surface area (Å²) in [5.41, 5.74) is 7.39. The van der Waals surface area contributed by atoms with Gasteiger partial charge in [0.05, 0.1) is 52.9 Å². The molecule has 0 spiro atoms. The minimum atomic E-state index is -3.20. The number of hydrogen-bond donors (Lipinski definition) is 3. The number of nitrogens with zero attached hydrogens (tertiary/aromatic N) is 4. The summed E-state index contributed by atoms with van der Waals surface area (Å²) in [6, 6.07) is 21.5. The summed E-state index contributed by atoms with van der Waals surface area (Å²) >= 11 is 0. The van der Waals surface area contributed by atoms with Gasteiger partial charge < -0.3 is 10.3 Å². The summed E-state index contributed by atoms with van der Waals surface area (Å²) in [4.78, 5) is 29.5. The molecule has 12 heteroatoms. The molecule has 5 aromatic heterocycles. The van der Waals surface area contributed by atoms with Crippen LogP contribution in [-0.2, 0) is 27.5 Å². The van der Waals surface area contributed by atoms with Crippen molar-refractivity contribution in [2.75, 3.05) is 17.3 Å². The summed E-state index contributed by atoms with van der Waals surface area (Å²) in [7, 11) is -3.20. The standard InChI is InChI=1S/C35H28FN7O3S/c1-47(45,46)10-8-22-11-23(14-25(36)12-22)34-27-17-31(41-29(27)7-9-38-34)35-28-16-30(39-20-32(28)42-43-35)24-15-26(19-37-18-24)40-33(44)13-21-5-3-2-4-6-21/h2-7,9,11-12,14-20,41H,8,10,13H2,1H3,(H,40,44)(H,42,43). The molecule has 47 heavy (non-hydrogen) atoms. The second-order valence-corrected chi connectivity index (χ2v) is 13.7. The summed E-state index contributed by atoms with van der Waals surface area (Å²) in [5, 5.41) is 12.1. The Morgan fingerprint density at radius 2 is 1.68 bits per heavy atom. The number of fused-ring (bicyclic) bond motifs is 2. The molecular weight excluding hydrogens is 617 g/mol. The molecule has 1 amide bonds. The molecule has 234 valence electrons. The van der Waals surface area contributed by atoms with E-state index in [-0.39, 0.29) is 24.5 Å². The number of aryl methyl sites for hydroxylation is 1. The molecule has 0 atom stereocenters. The lowest BCUT2D eigenvalue weighted by Crippen LogP contribution is -2.14. The first kappa shape index (κ1) is 29.9. The number of carbonyl (C=O) groups is 1. The fraction of sp³-hybridized carbons (Fsp3) is 0.114. The van der Waals surface area contributed by atoms with Crippen LogP contribution in [0.5, 0.6) is 0 Å². The Kier molecular flexibility index (Phi) is 7.78. The van der Waals surface area contributed by atoms with Crippen molar-refractivity contribution < 1.29 is 17.6 Å². The molecule has 0 fully saturated rings. The van der Waals surface area contributed by atoms with Crippen LogP contribution in [0, 0.1) is 5.82 Å². The average molecular weight is 646 g/mol. The number of amides is 1. The first-order valence-electron chi connectivity index (χ1n) is 14.8. The molecule has 0 aliphatic rings. The Labute approximate surface area is 269 Å². The lowest BCUT2D eigenvalue weighted by Gasteiger charge is -2.07. The number of nitrogens with one attached hydrogen (secondary N) is 3. The number of H-pyrrole nitrogens is 2. The minimum Gasteiger partial charge on any atom is -0.353 e. The highest BCUT2D eigenvalue weighted by atomic mass is 32.2. The van der Waals surface area contributed by atoms with Crippen LogP contribution in [0.15, 0.2) is 97.6 Å². The number of rotatable bonds is 9. The maximum absolute atomic E-state index is 14.7. The number of aromatic amines is 2. The van der Waals surface area contributed by atoms with Crippen molar-refractivity contribution in [2.45, 2.75) is 12.8 Å². The van der Waals surface area contributed by atoms with E-state index >= 15 is 0 Å². The number of carbonyl (C=O) groups excluding carboxylic acids is 1. The van der Waals surface area contributed by atoms with Crippen LogP contribution >= 0.6 is 0 Å². The van der Waals surface area contributed by atoms with Gasteiger partial charge in [-0.2, -0.15) is 5.10 Å². The molecule has 5 heterocycles. The van der Waals surface area contributed by atoms with Crippen molar-refractivity contribution in [1.82, 2.24) is 30.1 Å². The van der Waals surface area contributed by atoms with E-state index in [0.717, 1.165) is 39.2 Å². The number of hydrogen-bond acceptors (Lipinski definition) is 7. The molecule has 0 saturated heterocycles. The Bertz CT molecular complexity index is 2390. The minimum absolute atomic E-state index is 0.0752. The molecule has 0 radical (unpaired) electrons. The highest BCUT2D eigenvalue weighted by molar-refractivity contribution is 7.90. The molecule has 2 aromatic carbocycles. The second kappa shape index (κ2) is 12.2. The Balaban J connectivity index is 1.20. The lowest BCUT2D eigenvalue weighted by molar-refractivity contribution is -0.115. The molecular formula is C35H28FN7O3S. The summed E-state index contributed by atoms with van der Waals surface area (Å²) in [6.07, 6.45) is 8.23. The third-order valence-corrected chi connectivity index (χ3v) is 8.71. The van der Waals surface area contributed by atoms with E-state index in [4.69, 9.17) is 0 Å². The van der Waals surface area contributed by atoms with E-state index in [1.165, 1.54) is 12.1 Å². The molecule has 0 aliphatic heterocycles. The second-order valence-electron chi connectivity index (χ2n) is 11.4. The van der Waals surface area contributed by atoms with Crippen molar-refractivity contribution >= 4 is 43.2 Å². The number of pyridine rings is 3. The molecule has 7 rings (SSSR count). The van der Waals surface area contributed by atoms with E-state index in [0.29, 0.717) is 39.6 Å². The van der Waals surface area contributed by atoms with Crippen molar-refractivity contribution in [3.63, 3.8) is 0 Å². The smallest absolute Gasteiger partial charge is 0.228 e. The van der Waals surface area contributed by atoms with Crippen molar-refractivity contribution in [3.8, 4) is 33.9 Å². The normalized spacial score (nSPS) is 11.7. The van der Waals surface area contributed by atoms with Gasteiger partial charge in [0.25, 0.3) is 0 Å². The van der Waals surface area contributed by atoms with Crippen molar-refractivity contribution in [2.24, 2.45) is 0 Å². The van der Waals surface area contributed by atoms with Crippen LogP contribution in [0.25, 0.3) is 55.7 Å². The number of anilines is 1. The van der Waals surface area contributed by atoms with Gasteiger partial charge in [-0.1, -0.05) is 30.3 Å². The predicted octanol–water partition coefficient (Wildman–Crippen LogP) is 6.14. The monoisotopic (exact) mass is 645 g/mol. The van der Waals surface area contributed by atoms with E-state index in [9.17, 15) is 17.6 Å². The predicted molar refractivity (Wildman–Crippen MR) is 180 cm³/mol. The largest absolute Gasteiger partial charge is 0.353 e. The molecule has 10 nitrogen and oxygen atoms in total. The maximum Gasteiger partial charge on any atom is 0.228 e. The first-order chi connectivity index (χ1) is 22.7. The topological polar surface area (TPSA) is 146 Å². The van der Waals surface area contributed by atoms with Crippen LogP contribution < -0.4 is 5.32 Å². The van der Waals surface area contributed by atoms with Crippen molar-refractivity contribution in [3.05, 3.63) is 115 Å². The zero-order valence-electron chi connectivity index (χ0n) is 25.2. The van der Waals surface area contributed by atoms with Gasteiger partial charge in [-0.05, 0) is 60.0 Å². The zero-order chi connectivity index (χ0) is 32.5. The van der Waals surface area contributed by atoms with E-state index in [1.54, 1.807) is 30.9 Å². The van der Waals surface area contributed by atoms with Gasteiger partial charge in [0.1, 0.15) is 21.3 Å². The third-order valence-electron chi connectivity index (χ3n) is 7.77. The van der Waals surface area contributed by atoms with Gasteiger partial charge in [-0.15, -0.1) is 0 Å². The van der Waals surface area contributed by atoms with Gasteiger partial charge in [0.15, 0.2) is 0 Å². The Hall–Kier alpha value is -5.75. The highest BCUT2D eigenvalue weighted by Crippen LogP contribution is 2.34. The zero-order valence-corrected chi connectivity index (χ0v) is 26.0. The summed E-state index contributed by atoms with van der Waals surface area (Å²) in [5.74, 6) is -0.686. The highest BCUT2D eigenvalue weighted by Gasteiger charge is 2.17. The average Bonchev–Trinajstić information content (AvgIpc) is 3.68. The van der Waals surface area contributed by atoms with Crippen LogP contribution in [0.4, 0.5) is 10.1 Å².